The lowest BCUT2D eigenvalue weighted by Crippen LogP contribution is -2.53. The van der Waals surface area contributed by atoms with Gasteiger partial charge in [-0.2, -0.15) is 0 Å². The van der Waals surface area contributed by atoms with Crippen LogP contribution in [0.25, 0.3) is 0 Å². The minimum atomic E-state index is -1.30. The number of nitrogens with zero attached hydrogens (tertiary/aromatic N) is 1. The molecular weight excluding hydrogens is 484 g/mol. The number of nitrogens with two attached hydrogens (primary N) is 1. The van der Waals surface area contributed by atoms with Crippen molar-refractivity contribution in [1.29, 1.82) is 0 Å². The highest BCUT2D eigenvalue weighted by atomic mass is 16.6. The zero-order valence-corrected chi connectivity index (χ0v) is 21.8. The van der Waals surface area contributed by atoms with Gasteiger partial charge in [0.1, 0.15) is 30.0 Å². The van der Waals surface area contributed by atoms with E-state index in [0.717, 1.165) is 12.0 Å². The fraction of sp³-hybridized carbons (Fsp3) is 0.480. The van der Waals surface area contributed by atoms with E-state index in [-0.39, 0.29) is 25.1 Å². The summed E-state index contributed by atoms with van der Waals surface area (Å²) in [5.41, 5.74) is 5.16. The second-order valence-electron chi connectivity index (χ2n) is 9.23. The number of carbonyl (C=O) groups is 5. The summed E-state index contributed by atoms with van der Waals surface area (Å²) in [5.74, 6) is -2.88. The van der Waals surface area contributed by atoms with Crippen LogP contribution >= 0.6 is 0 Å². The van der Waals surface area contributed by atoms with Gasteiger partial charge in [-0.3, -0.25) is 19.2 Å². The molecule has 0 fully saturated rings. The van der Waals surface area contributed by atoms with E-state index in [9.17, 15) is 29.1 Å². The topological polar surface area (TPSA) is 177 Å². The Morgan fingerprint density at radius 2 is 1.86 bits per heavy atom. The molecule has 1 aromatic rings. The number of aryl methyl sites for hydroxylation is 1. The molecule has 0 saturated carbocycles. The molecule has 0 aromatic heterocycles. The summed E-state index contributed by atoms with van der Waals surface area (Å²) in [5, 5.41) is 14.8. The van der Waals surface area contributed by atoms with Crippen LogP contribution in [0.5, 0.6) is 5.75 Å². The number of aromatic hydroxyl groups is 1. The molecule has 37 heavy (non-hydrogen) atoms. The molecule has 5 N–H and O–H groups in total. The first-order chi connectivity index (χ1) is 17.2. The Labute approximate surface area is 216 Å². The summed E-state index contributed by atoms with van der Waals surface area (Å²) in [4.78, 5) is 63.7. The number of benzene rings is 1. The van der Waals surface area contributed by atoms with Crippen molar-refractivity contribution in [3.8, 4) is 5.75 Å². The number of ether oxygens (including phenoxy) is 2. The number of carbonyl (C=O) groups excluding carboxylic acids is 5. The van der Waals surface area contributed by atoms with Gasteiger partial charge in [0.25, 0.3) is 0 Å². The van der Waals surface area contributed by atoms with E-state index < -0.39 is 54.0 Å². The van der Waals surface area contributed by atoms with Crippen LogP contribution < -0.4 is 16.4 Å². The Hall–Kier alpha value is -4.09. The predicted octanol–water partition coefficient (Wildman–Crippen LogP) is 1.20. The maximum atomic E-state index is 13.7. The Balaban J connectivity index is 3.49. The molecule has 0 aliphatic carbocycles. The molecule has 12 heteroatoms. The fourth-order valence-corrected chi connectivity index (χ4v) is 3.31. The van der Waals surface area contributed by atoms with Crippen molar-refractivity contribution in [2.45, 2.75) is 58.2 Å². The van der Waals surface area contributed by atoms with Crippen LogP contribution in [0, 0.1) is 6.92 Å². The summed E-state index contributed by atoms with van der Waals surface area (Å²) < 4.78 is 9.81. The van der Waals surface area contributed by atoms with Crippen molar-refractivity contribution in [1.82, 2.24) is 15.5 Å². The quantitative estimate of drug-likeness (QED) is 0.235. The number of rotatable bonds is 12. The molecule has 204 valence electrons. The molecule has 0 radical (unpaired) electrons. The fourth-order valence-electron chi connectivity index (χ4n) is 3.31. The van der Waals surface area contributed by atoms with E-state index in [1.54, 1.807) is 27.7 Å². The highest BCUT2D eigenvalue weighted by Gasteiger charge is 2.36. The van der Waals surface area contributed by atoms with Gasteiger partial charge in [0.15, 0.2) is 0 Å². The zero-order valence-electron chi connectivity index (χ0n) is 21.8. The average Bonchev–Trinajstić information content (AvgIpc) is 2.80. The van der Waals surface area contributed by atoms with E-state index in [4.69, 9.17) is 10.5 Å². The molecule has 0 heterocycles. The third kappa shape index (κ3) is 10.2. The van der Waals surface area contributed by atoms with Crippen LogP contribution in [0.3, 0.4) is 0 Å². The van der Waals surface area contributed by atoms with Gasteiger partial charge >= 0.3 is 12.1 Å². The Kier molecular flexibility index (Phi) is 11.6. The first kappa shape index (κ1) is 30.9. The monoisotopic (exact) mass is 520 g/mol. The molecule has 1 rings (SSSR count). The van der Waals surface area contributed by atoms with Crippen LogP contribution in [0.2, 0.25) is 0 Å². The maximum Gasteiger partial charge on any atom is 0.408 e. The van der Waals surface area contributed by atoms with Crippen molar-refractivity contribution < 1.29 is 38.6 Å². The van der Waals surface area contributed by atoms with Crippen molar-refractivity contribution in [3.05, 3.63) is 42.0 Å². The van der Waals surface area contributed by atoms with Crippen LogP contribution in [-0.2, 0) is 28.7 Å². The molecule has 0 aliphatic heterocycles. The lowest BCUT2D eigenvalue weighted by atomic mass is 9.99. The average molecular weight is 521 g/mol. The van der Waals surface area contributed by atoms with Gasteiger partial charge in [0.05, 0.1) is 7.11 Å². The number of amides is 4. The number of hydrogen-bond donors (Lipinski definition) is 4. The number of phenolic OH excluding ortho intramolecular Hbond substituents is 1. The van der Waals surface area contributed by atoms with E-state index in [1.807, 2.05) is 0 Å². The number of alkyl carbamates (subject to hydrolysis) is 1. The predicted molar refractivity (Wildman–Crippen MR) is 134 cm³/mol. The third-order valence-electron chi connectivity index (χ3n) is 5.01. The van der Waals surface area contributed by atoms with Crippen LogP contribution in [-0.4, -0.2) is 71.6 Å². The van der Waals surface area contributed by atoms with E-state index >= 15 is 0 Å². The van der Waals surface area contributed by atoms with Gasteiger partial charge < -0.3 is 35.8 Å². The molecule has 0 bridgehead atoms. The Morgan fingerprint density at radius 3 is 2.38 bits per heavy atom. The lowest BCUT2D eigenvalue weighted by molar-refractivity contribution is -0.144. The molecule has 1 aromatic carbocycles. The lowest BCUT2D eigenvalue weighted by Gasteiger charge is -2.34. The zero-order chi connectivity index (χ0) is 28.3. The molecular formula is C25H36N4O8. The minimum absolute atomic E-state index is 0.0232. The van der Waals surface area contributed by atoms with Gasteiger partial charge in [0.2, 0.25) is 17.7 Å². The standard InChI is InChI=1S/C25H36N4O8/c1-7-12-29(23(34)17(9-11-19(26)31)28-24(35)37-25(3,4)5)21(22(33)27-14-20(32)36-6)16-8-10-18(30)15(2)13-16/h7-8,10,13,17,21,30H,1,9,11-12,14H2,2-6H3,(H2,26,31)(H,27,33)(H,28,35). The molecule has 4 amide bonds. The number of hydrogen-bond acceptors (Lipinski definition) is 8. The van der Waals surface area contributed by atoms with Gasteiger partial charge in [-0.25, -0.2) is 4.79 Å². The summed E-state index contributed by atoms with van der Waals surface area (Å²) in [6.45, 7) is 9.60. The number of primary amides is 1. The van der Waals surface area contributed by atoms with Crippen molar-refractivity contribution in [2.24, 2.45) is 5.73 Å². The van der Waals surface area contributed by atoms with Crippen molar-refractivity contribution >= 4 is 29.8 Å². The van der Waals surface area contributed by atoms with E-state index in [1.165, 1.54) is 24.3 Å². The first-order valence-corrected chi connectivity index (χ1v) is 11.5. The van der Waals surface area contributed by atoms with Crippen molar-refractivity contribution in [2.75, 3.05) is 20.2 Å². The van der Waals surface area contributed by atoms with Gasteiger partial charge in [-0.15, -0.1) is 6.58 Å². The number of methoxy groups -OCH3 is 1. The highest BCUT2D eigenvalue weighted by molar-refractivity contribution is 5.93. The molecule has 0 saturated heterocycles. The molecule has 0 aliphatic rings. The molecule has 2 atom stereocenters. The first-order valence-electron chi connectivity index (χ1n) is 11.5. The van der Waals surface area contributed by atoms with Crippen LogP contribution in [0.1, 0.15) is 50.8 Å². The third-order valence-corrected chi connectivity index (χ3v) is 5.01. The number of esters is 1. The second kappa shape index (κ2) is 13.9. The number of phenols is 1. The Morgan fingerprint density at radius 1 is 1.22 bits per heavy atom. The summed E-state index contributed by atoms with van der Waals surface area (Å²) in [6.07, 6.45) is 0.0865. The summed E-state index contributed by atoms with van der Waals surface area (Å²) >= 11 is 0. The Bertz CT molecular complexity index is 1020. The second-order valence-corrected chi connectivity index (χ2v) is 9.23. The van der Waals surface area contributed by atoms with Crippen molar-refractivity contribution in [3.63, 3.8) is 0 Å². The minimum Gasteiger partial charge on any atom is -0.508 e. The van der Waals surface area contributed by atoms with E-state index in [2.05, 4.69) is 21.9 Å². The largest absolute Gasteiger partial charge is 0.508 e. The van der Waals surface area contributed by atoms with Crippen LogP contribution in [0.15, 0.2) is 30.9 Å². The summed E-state index contributed by atoms with van der Waals surface area (Å²) in [6, 6.07) is 1.75. The normalized spacial score (nSPS) is 12.5. The van der Waals surface area contributed by atoms with Gasteiger partial charge in [0, 0.05) is 13.0 Å². The van der Waals surface area contributed by atoms with Gasteiger partial charge in [-0.1, -0.05) is 12.1 Å². The smallest absolute Gasteiger partial charge is 0.408 e. The van der Waals surface area contributed by atoms with Crippen LogP contribution in [0.4, 0.5) is 4.79 Å². The SMILES string of the molecule is C=CCN(C(=O)C(CCC(N)=O)NC(=O)OC(C)(C)C)C(C(=O)NCC(=O)OC)c1ccc(O)c(C)c1. The molecule has 12 nitrogen and oxygen atoms in total. The van der Waals surface area contributed by atoms with Gasteiger partial charge in [-0.05, 0) is 57.4 Å². The molecule has 0 spiro atoms. The summed E-state index contributed by atoms with van der Waals surface area (Å²) in [7, 11) is 1.16. The molecule has 2 unspecified atom stereocenters. The highest BCUT2D eigenvalue weighted by Crippen LogP contribution is 2.27. The van der Waals surface area contributed by atoms with E-state index in [0.29, 0.717) is 11.1 Å². The maximum absolute atomic E-state index is 13.7. The number of nitrogens with one attached hydrogen (secondary N) is 2.